The predicted octanol–water partition coefficient (Wildman–Crippen LogP) is 4.05. The van der Waals surface area contributed by atoms with Crippen LogP contribution in [0.1, 0.15) is 39.1 Å². The van der Waals surface area contributed by atoms with E-state index in [9.17, 15) is 19.2 Å². The molecule has 8 nitrogen and oxygen atoms in total. The van der Waals surface area contributed by atoms with E-state index in [2.05, 4.69) is 17.2 Å². The lowest BCUT2D eigenvalue weighted by molar-refractivity contribution is -0.125. The van der Waals surface area contributed by atoms with E-state index in [1.807, 2.05) is 0 Å². The zero-order valence-corrected chi connectivity index (χ0v) is 19.2. The summed E-state index contributed by atoms with van der Waals surface area (Å²) in [7, 11) is 1.56. The summed E-state index contributed by atoms with van der Waals surface area (Å²) in [6, 6.07) is 8.25. The number of allylic oxidation sites excluding steroid dienone is 1. The second kappa shape index (κ2) is 8.88. The molecule has 0 spiro atoms. The highest BCUT2D eigenvalue weighted by Crippen LogP contribution is 2.31. The van der Waals surface area contributed by atoms with Crippen molar-refractivity contribution in [1.29, 1.82) is 0 Å². The van der Waals surface area contributed by atoms with Crippen LogP contribution in [0.25, 0.3) is 0 Å². The first-order valence-corrected chi connectivity index (χ1v) is 10.9. The Kier molecular flexibility index (Phi) is 6.14. The van der Waals surface area contributed by atoms with Crippen molar-refractivity contribution in [3.63, 3.8) is 0 Å². The number of nitrogens with zero attached hydrogens (tertiary/aromatic N) is 2. The summed E-state index contributed by atoms with van der Waals surface area (Å²) in [6.45, 7) is 3.79. The molecular weight excluding hydrogens is 467 g/mol. The molecule has 2 aliphatic rings. The van der Waals surface area contributed by atoms with Crippen molar-refractivity contribution in [3.8, 4) is 0 Å². The number of fused-ring (bicyclic) bond motifs is 1. The quantitative estimate of drug-likeness (QED) is 0.636. The van der Waals surface area contributed by atoms with Gasteiger partial charge in [-0.25, -0.2) is 4.79 Å². The standard InChI is InChI=1S/C23H20Cl2N4O4/c1-12-6-9-18(20(30)26-12)29-21(31)15-5-3-4-13(19(15)22(29)32)11-28(2)23(33)27-14-7-8-16(24)17(25)10-14/h3-5,7-8,10,18H,1,6,9,11H2,2H3,(H,26,30)(H,27,33). The van der Waals surface area contributed by atoms with Crippen LogP contribution in [0.5, 0.6) is 0 Å². The number of halogens is 2. The van der Waals surface area contributed by atoms with Crippen LogP contribution in [-0.4, -0.2) is 46.6 Å². The normalized spacial score (nSPS) is 17.7. The average Bonchev–Trinajstić information content (AvgIpc) is 3.02. The molecule has 5 amide bonds. The van der Waals surface area contributed by atoms with Crippen LogP contribution in [0.4, 0.5) is 10.5 Å². The van der Waals surface area contributed by atoms with Crippen molar-refractivity contribution >= 4 is 52.6 Å². The molecular formula is C23H20Cl2N4O4. The molecule has 1 saturated heterocycles. The summed E-state index contributed by atoms with van der Waals surface area (Å²) in [5.74, 6) is -1.50. The van der Waals surface area contributed by atoms with Gasteiger partial charge in [-0.1, -0.05) is 41.9 Å². The number of amides is 5. The molecule has 0 aliphatic carbocycles. The maximum atomic E-state index is 13.2. The molecule has 4 rings (SSSR count). The lowest BCUT2D eigenvalue weighted by Gasteiger charge is -2.29. The van der Waals surface area contributed by atoms with E-state index >= 15 is 0 Å². The van der Waals surface area contributed by atoms with Gasteiger partial charge < -0.3 is 15.5 Å². The van der Waals surface area contributed by atoms with Gasteiger partial charge >= 0.3 is 6.03 Å². The van der Waals surface area contributed by atoms with Crippen molar-refractivity contribution in [2.45, 2.75) is 25.4 Å². The van der Waals surface area contributed by atoms with E-state index in [4.69, 9.17) is 23.2 Å². The van der Waals surface area contributed by atoms with Crippen molar-refractivity contribution in [3.05, 3.63) is 75.4 Å². The van der Waals surface area contributed by atoms with Crippen LogP contribution in [0, 0.1) is 0 Å². The van der Waals surface area contributed by atoms with E-state index in [-0.39, 0.29) is 17.7 Å². The summed E-state index contributed by atoms with van der Waals surface area (Å²) in [6.07, 6.45) is 0.797. The maximum Gasteiger partial charge on any atom is 0.321 e. The van der Waals surface area contributed by atoms with Crippen LogP contribution >= 0.6 is 23.2 Å². The molecule has 33 heavy (non-hydrogen) atoms. The van der Waals surface area contributed by atoms with Gasteiger partial charge in [0, 0.05) is 25.0 Å². The molecule has 2 heterocycles. The molecule has 2 aromatic rings. The number of hydrogen-bond acceptors (Lipinski definition) is 4. The molecule has 1 atom stereocenters. The Morgan fingerprint density at radius 2 is 1.94 bits per heavy atom. The van der Waals surface area contributed by atoms with Crippen LogP contribution in [0.3, 0.4) is 0 Å². The Balaban J connectivity index is 1.53. The lowest BCUT2D eigenvalue weighted by atomic mass is 10.0. The minimum absolute atomic E-state index is 0.0663. The van der Waals surface area contributed by atoms with Crippen LogP contribution in [0.2, 0.25) is 10.0 Å². The fraction of sp³-hybridized carbons (Fsp3) is 0.217. The van der Waals surface area contributed by atoms with Gasteiger partial charge in [0.1, 0.15) is 6.04 Å². The first-order valence-electron chi connectivity index (χ1n) is 10.1. The van der Waals surface area contributed by atoms with Gasteiger partial charge in [0.15, 0.2) is 0 Å². The molecule has 2 aliphatic heterocycles. The molecule has 0 bridgehead atoms. The van der Waals surface area contributed by atoms with Crippen molar-refractivity contribution in [2.75, 3.05) is 12.4 Å². The number of piperidine rings is 1. The fourth-order valence-electron chi connectivity index (χ4n) is 3.92. The maximum absolute atomic E-state index is 13.2. The van der Waals surface area contributed by atoms with Crippen molar-refractivity contribution < 1.29 is 19.2 Å². The Morgan fingerprint density at radius 1 is 1.18 bits per heavy atom. The third-order valence-electron chi connectivity index (χ3n) is 5.59. The smallest absolute Gasteiger partial charge is 0.321 e. The monoisotopic (exact) mass is 486 g/mol. The SMILES string of the molecule is C=C1CCC(N2C(=O)c3cccc(CN(C)C(=O)Nc4ccc(Cl)c(Cl)c4)c3C2=O)C(=O)N1. The van der Waals surface area contributed by atoms with Crippen LogP contribution < -0.4 is 10.6 Å². The van der Waals surface area contributed by atoms with Gasteiger partial charge in [-0.05, 0) is 42.7 Å². The van der Waals surface area contributed by atoms with Crippen molar-refractivity contribution in [1.82, 2.24) is 15.1 Å². The molecule has 2 aromatic carbocycles. The summed E-state index contributed by atoms with van der Waals surface area (Å²) in [5, 5.41) is 5.99. The highest BCUT2D eigenvalue weighted by molar-refractivity contribution is 6.42. The summed E-state index contributed by atoms with van der Waals surface area (Å²) in [4.78, 5) is 53.7. The van der Waals surface area contributed by atoms with Gasteiger partial charge in [0.2, 0.25) is 5.91 Å². The Labute approximate surface area is 200 Å². The second-order valence-electron chi connectivity index (χ2n) is 7.88. The first-order chi connectivity index (χ1) is 15.7. The highest BCUT2D eigenvalue weighted by Gasteiger charge is 2.44. The molecule has 0 aromatic heterocycles. The molecule has 1 fully saturated rings. The average molecular weight is 487 g/mol. The van der Waals surface area contributed by atoms with Gasteiger partial charge in [-0.3, -0.25) is 19.3 Å². The molecule has 10 heteroatoms. The van der Waals surface area contributed by atoms with Crippen LogP contribution in [0.15, 0.2) is 48.7 Å². The third kappa shape index (κ3) is 4.31. The van der Waals surface area contributed by atoms with E-state index < -0.39 is 29.8 Å². The molecule has 0 radical (unpaired) electrons. The van der Waals surface area contributed by atoms with Gasteiger partial charge in [-0.2, -0.15) is 0 Å². The van der Waals surface area contributed by atoms with E-state index in [1.54, 1.807) is 37.4 Å². The van der Waals surface area contributed by atoms with Crippen LogP contribution in [-0.2, 0) is 11.3 Å². The van der Waals surface area contributed by atoms with Crippen molar-refractivity contribution in [2.24, 2.45) is 0 Å². The Hall–Kier alpha value is -3.36. The molecule has 170 valence electrons. The highest BCUT2D eigenvalue weighted by atomic mass is 35.5. The minimum atomic E-state index is -0.897. The van der Waals surface area contributed by atoms with E-state index in [1.165, 1.54) is 11.0 Å². The predicted molar refractivity (Wildman–Crippen MR) is 124 cm³/mol. The number of anilines is 1. The third-order valence-corrected chi connectivity index (χ3v) is 6.33. The number of urea groups is 1. The summed E-state index contributed by atoms with van der Waals surface area (Å²) in [5.41, 5.74) is 1.94. The summed E-state index contributed by atoms with van der Waals surface area (Å²) < 4.78 is 0. The number of carbonyl (C=O) groups is 4. The minimum Gasteiger partial charge on any atom is -0.329 e. The number of rotatable bonds is 4. The van der Waals surface area contributed by atoms with E-state index in [0.29, 0.717) is 39.8 Å². The van der Waals surface area contributed by atoms with Gasteiger partial charge in [-0.15, -0.1) is 0 Å². The Bertz CT molecular complexity index is 1210. The second-order valence-corrected chi connectivity index (χ2v) is 8.70. The summed E-state index contributed by atoms with van der Waals surface area (Å²) >= 11 is 11.9. The zero-order valence-electron chi connectivity index (χ0n) is 17.7. The largest absolute Gasteiger partial charge is 0.329 e. The van der Waals surface area contributed by atoms with E-state index in [0.717, 1.165) is 4.90 Å². The zero-order chi connectivity index (χ0) is 23.9. The number of hydrogen-bond donors (Lipinski definition) is 2. The molecule has 2 N–H and O–H groups in total. The van der Waals surface area contributed by atoms with Gasteiger partial charge in [0.05, 0.1) is 21.2 Å². The Morgan fingerprint density at radius 3 is 2.64 bits per heavy atom. The van der Waals surface area contributed by atoms with Gasteiger partial charge in [0.25, 0.3) is 11.8 Å². The molecule has 1 unspecified atom stereocenters. The lowest BCUT2D eigenvalue weighted by Crippen LogP contribution is -2.51. The fourth-order valence-corrected chi connectivity index (χ4v) is 4.21. The number of benzene rings is 2. The topological polar surface area (TPSA) is 98.8 Å². The number of imide groups is 1. The molecule has 0 saturated carbocycles. The number of carbonyl (C=O) groups excluding carboxylic acids is 4. The first kappa shape index (κ1) is 22.8. The number of nitrogens with one attached hydrogen (secondary N) is 2.